The van der Waals surface area contributed by atoms with Crippen LogP contribution >= 0.6 is 11.8 Å². The van der Waals surface area contributed by atoms with E-state index in [1.165, 1.54) is 65.4 Å². The van der Waals surface area contributed by atoms with Crippen molar-refractivity contribution in [1.29, 1.82) is 0 Å². The van der Waals surface area contributed by atoms with E-state index >= 15 is 0 Å². The standard InChI is InChI=1S/C60H39N3S/c1-4-16-39(17-5-1)53-37-54(63-59(62-53)42-20-8-3-9-21-42)40-30-28-38(29-31-40)43-32-33-45-46-36-52-47(35-48(46)58(61-55(45)34-43)41-18-6-2-7-19-41)44-22-10-11-23-49(44)60(52)50-24-12-14-26-56(50)64-57-27-15-13-25-51(57)60/h1-37,58,61H. The first kappa shape index (κ1) is 36.8. The molecule has 300 valence electrons. The molecule has 0 saturated carbocycles. The van der Waals surface area contributed by atoms with Crippen LogP contribution in [0.2, 0.25) is 0 Å². The van der Waals surface area contributed by atoms with Crippen LogP contribution in [0.25, 0.3) is 67.3 Å². The van der Waals surface area contributed by atoms with Crippen molar-refractivity contribution in [3.05, 3.63) is 258 Å². The maximum absolute atomic E-state index is 5.09. The number of nitrogens with zero attached hydrogens (tertiary/aromatic N) is 2. The molecule has 0 bridgehead atoms. The molecule has 13 rings (SSSR count). The summed E-state index contributed by atoms with van der Waals surface area (Å²) in [6.45, 7) is 0. The van der Waals surface area contributed by atoms with Crippen molar-refractivity contribution in [2.75, 3.05) is 5.32 Å². The Morgan fingerprint density at radius 3 is 1.61 bits per heavy atom. The van der Waals surface area contributed by atoms with E-state index in [4.69, 9.17) is 9.97 Å². The van der Waals surface area contributed by atoms with E-state index in [9.17, 15) is 0 Å². The van der Waals surface area contributed by atoms with Gasteiger partial charge in [0, 0.05) is 37.7 Å². The molecule has 0 radical (unpaired) electrons. The molecule has 4 heteroatoms. The van der Waals surface area contributed by atoms with E-state index in [0.29, 0.717) is 5.82 Å². The highest BCUT2D eigenvalue weighted by Crippen LogP contribution is 2.63. The van der Waals surface area contributed by atoms with E-state index in [2.05, 4.69) is 206 Å². The van der Waals surface area contributed by atoms with Gasteiger partial charge in [-0.2, -0.15) is 0 Å². The molecule has 0 fully saturated rings. The summed E-state index contributed by atoms with van der Waals surface area (Å²) in [6, 6.07) is 81.6. The molecule has 3 heterocycles. The summed E-state index contributed by atoms with van der Waals surface area (Å²) in [5.74, 6) is 0.714. The van der Waals surface area contributed by atoms with Crippen molar-refractivity contribution < 1.29 is 0 Å². The lowest BCUT2D eigenvalue weighted by molar-refractivity contribution is 0.722. The topological polar surface area (TPSA) is 37.8 Å². The Hall–Kier alpha value is -7.79. The molecular formula is C60H39N3S. The summed E-state index contributed by atoms with van der Waals surface area (Å²) in [7, 11) is 0. The highest BCUT2D eigenvalue weighted by Gasteiger charge is 2.51. The van der Waals surface area contributed by atoms with Crippen molar-refractivity contribution in [2.45, 2.75) is 21.2 Å². The molecule has 1 N–H and O–H groups in total. The first-order chi connectivity index (χ1) is 31.7. The highest BCUT2D eigenvalue weighted by atomic mass is 32.2. The molecule has 1 spiro atoms. The largest absolute Gasteiger partial charge is 0.374 e. The lowest BCUT2D eigenvalue weighted by Crippen LogP contribution is -2.32. The first-order valence-corrected chi connectivity index (χ1v) is 22.7. The number of nitrogens with one attached hydrogen (secondary N) is 1. The van der Waals surface area contributed by atoms with Crippen molar-refractivity contribution in [1.82, 2.24) is 9.97 Å². The minimum Gasteiger partial charge on any atom is -0.374 e. The molecule has 2 aliphatic heterocycles. The molecule has 1 unspecified atom stereocenters. The second kappa shape index (κ2) is 14.7. The molecule has 64 heavy (non-hydrogen) atoms. The van der Waals surface area contributed by atoms with Crippen LogP contribution in [0.15, 0.2) is 234 Å². The van der Waals surface area contributed by atoms with Gasteiger partial charge >= 0.3 is 0 Å². The third-order valence-corrected chi connectivity index (χ3v) is 14.6. The van der Waals surface area contributed by atoms with E-state index in [1.807, 2.05) is 36.0 Å². The normalized spacial score (nSPS) is 14.6. The monoisotopic (exact) mass is 833 g/mol. The molecule has 0 amide bonds. The van der Waals surface area contributed by atoms with Gasteiger partial charge in [-0.15, -0.1) is 0 Å². The van der Waals surface area contributed by atoms with Crippen LogP contribution in [0, 0.1) is 0 Å². The maximum atomic E-state index is 5.09. The second-order valence-corrected chi connectivity index (χ2v) is 18.0. The molecule has 1 aromatic heterocycles. The third-order valence-electron chi connectivity index (χ3n) is 13.4. The predicted octanol–water partition coefficient (Wildman–Crippen LogP) is 15.2. The predicted molar refractivity (Wildman–Crippen MR) is 263 cm³/mol. The number of fused-ring (bicyclic) bond motifs is 12. The summed E-state index contributed by atoms with van der Waals surface area (Å²) in [5.41, 5.74) is 20.9. The number of anilines is 1. The van der Waals surface area contributed by atoms with Crippen LogP contribution in [-0.4, -0.2) is 9.97 Å². The SMILES string of the molecule is c1ccc(-c2cc(-c3ccc(-c4ccc5c(c4)NC(c4ccccc4)c4cc6c(cc4-5)C4(c5ccccc5Sc5ccccc54)c4ccccc4-6)cc3)nc(-c3ccccc3)n2)cc1. The number of hydrogen-bond acceptors (Lipinski definition) is 4. The lowest BCUT2D eigenvalue weighted by Gasteiger charge is -2.40. The van der Waals surface area contributed by atoms with Gasteiger partial charge in [0.05, 0.1) is 22.8 Å². The Bertz CT molecular complexity index is 3330. The molecule has 9 aromatic carbocycles. The Labute approximate surface area is 377 Å². The first-order valence-electron chi connectivity index (χ1n) is 21.9. The summed E-state index contributed by atoms with van der Waals surface area (Å²) < 4.78 is 0. The molecule has 0 saturated heterocycles. The van der Waals surface area contributed by atoms with Crippen molar-refractivity contribution in [2.24, 2.45) is 0 Å². The van der Waals surface area contributed by atoms with Crippen LogP contribution in [0.1, 0.15) is 39.4 Å². The van der Waals surface area contributed by atoms with Gasteiger partial charge < -0.3 is 5.32 Å². The molecule has 3 nitrogen and oxygen atoms in total. The molecule has 1 aliphatic carbocycles. The lowest BCUT2D eigenvalue weighted by atomic mass is 9.66. The molecule has 10 aromatic rings. The number of hydrogen-bond donors (Lipinski definition) is 1. The van der Waals surface area contributed by atoms with Crippen LogP contribution in [0.4, 0.5) is 5.69 Å². The van der Waals surface area contributed by atoms with E-state index in [1.54, 1.807) is 0 Å². The number of benzene rings is 9. The van der Waals surface area contributed by atoms with Crippen molar-refractivity contribution >= 4 is 17.4 Å². The van der Waals surface area contributed by atoms with E-state index in [-0.39, 0.29) is 6.04 Å². The van der Waals surface area contributed by atoms with Crippen LogP contribution < -0.4 is 5.32 Å². The fourth-order valence-corrected chi connectivity index (χ4v) is 11.7. The Balaban J connectivity index is 0.951. The van der Waals surface area contributed by atoms with Crippen LogP contribution in [-0.2, 0) is 5.41 Å². The van der Waals surface area contributed by atoms with E-state index in [0.717, 1.165) is 44.9 Å². The van der Waals surface area contributed by atoms with Gasteiger partial charge in [-0.3, -0.25) is 0 Å². The highest BCUT2D eigenvalue weighted by molar-refractivity contribution is 7.99. The zero-order chi connectivity index (χ0) is 42.2. The molecular weight excluding hydrogens is 795 g/mol. The third kappa shape index (κ3) is 5.69. The summed E-state index contributed by atoms with van der Waals surface area (Å²) >= 11 is 1.89. The van der Waals surface area contributed by atoms with Gasteiger partial charge in [0.2, 0.25) is 0 Å². The average molecular weight is 834 g/mol. The van der Waals surface area contributed by atoms with Gasteiger partial charge in [-0.1, -0.05) is 200 Å². The molecule has 3 aliphatic rings. The Morgan fingerprint density at radius 2 is 0.922 bits per heavy atom. The van der Waals surface area contributed by atoms with Gasteiger partial charge in [0.15, 0.2) is 5.82 Å². The summed E-state index contributed by atoms with van der Waals surface area (Å²) in [4.78, 5) is 12.7. The summed E-state index contributed by atoms with van der Waals surface area (Å²) in [6.07, 6.45) is 0. The zero-order valence-electron chi connectivity index (χ0n) is 34.7. The van der Waals surface area contributed by atoms with Crippen molar-refractivity contribution in [3.63, 3.8) is 0 Å². The minimum absolute atomic E-state index is 0.0350. The van der Waals surface area contributed by atoms with Crippen molar-refractivity contribution in [3.8, 4) is 67.3 Å². The van der Waals surface area contributed by atoms with Crippen LogP contribution in [0.5, 0.6) is 0 Å². The Morgan fingerprint density at radius 1 is 0.375 bits per heavy atom. The van der Waals surface area contributed by atoms with Gasteiger partial charge in [0.25, 0.3) is 0 Å². The van der Waals surface area contributed by atoms with Gasteiger partial charge in [-0.25, -0.2) is 9.97 Å². The number of aromatic nitrogens is 2. The average Bonchev–Trinajstić information content (AvgIpc) is 3.65. The van der Waals surface area contributed by atoms with Crippen LogP contribution in [0.3, 0.4) is 0 Å². The summed E-state index contributed by atoms with van der Waals surface area (Å²) in [5, 5.41) is 4.06. The fourth-order valence-electron chi connectivity index (χ4n) is 10.5. The Kier molecular flexibility index (Phi) is 8.43. The second-order valence-electron chi connectivity index (χ2n) is 16.9. The molecule has 1 atom stereocenters. The van der Waals surface area contributed by atoms with Gasteiger partial charge in [-0.05, 0) is 97.6 Å². The zero-order valence-corrected chi connectivity index (χ0v) is 35.6. The van der Waals surface area contributed by atoms with E-state index < -0.39 is 5.41 Å². The smallest absolute Gasteiger partial charge is 0.160 e. The van der Waals surface area contributed by atoms with Gasteiger partial charge in [0.1, 0.15) is 0 Å². The maximum Gasteiger partial charge on any atom is 0.160 e. The quantitative estimate of drug-likeness (QED) is 0.187. The fraction of sp³-hybridized carbons (Fsp3) is 0.0333. The number of rotatable bonds is 5. The minimum atomic E-state index is -0.443.